The van der Waals surface area contributed by atoms with Crippen LogP contribution in [-0.4, -0.2) is 36.6 Å². The lowest BCUT2D eigenvalue weighted by Gasteiger charge is -2.27. The summed E-state index contributed by atoms with van der Waals surface area (Å²) < 4.78 is 0. The Morgan fingerprint density at radius 1 is 1.11 bits per heavy atom. The minimum atomic E-state index is 0.637. The zero-order valence-corrected chi connectivity index (χ0v) is 12.6. The van der Waals surface area contributed by atoms with Crippen molar-refractivity contribution in [3.05, 3.63) is 0 Å². The number of hydrogen-bond acceptors (Lipinski definition) is 2. The monoisotopic (exact) mass is 252 g/mol. The average molecular weight is 252 g/mol. The Morgan fingerprint density at radius 2 is 1.94 bits per heavy atom. The molecular formula is C16H32N2. The predicted octanol–water partition coefficient (Wildman–Crippen LogP) is 3.28. The molecule has 0 bridgehead atoms. The van der Waals surface area contributed by atoms with E-state index in [4.69, 9.17) is 0 Å². The summed E-state index contributed by atoms with van der Waals surface area (Å²) in [5.41, 5.74) is 0. The van der Waals surface area contributed by atoms with Crippen LogP contribution in [0.2, 0.25) is 0 Å². The molecule has 1 N–H and O–H groups in total. The summed E-state index contributed by atoms with van der Waals surface area (Å²) in [6, 6.07) is 1.54. The summed E-state index contributed by atoms with van der Waals surface area (Å²) in [5.74, 6) is 1.86. The molecule has 1 heterocycles. The standard InChI is InChI=1S/C16H32N2/c1-13(2)17-11-15-9-10-18(12-15)16-6-4-5-14(3)7-8-16/h13-17H,4-12H2,1-3H3. The van der Waals surface area contributed by atoms with Crippen LogP contribution < -0.4 is 5.32 Å². The second kappa shape index (κ2) is 6.91. The zero-order chi connectivity index (χ0) is 13.0. The van der Waals surface area contributed by atoms with Crippen molar-refractivity contribution in [3.63, 3.8) is 0 Å². The van der Waals surface area contributed by atoms with Crippen molar-refractivity contribution in [3.8, 4) is 0 Å². The first-order valence-electron chi connectivity index (χ1n) is 8.12. The molecule has 3 unspecified atom stereocenters. The molecule has 2 nitrogen and oxygen atoms in total. The molecule has 0 aromatic carbocycles. The van der Waals surface area contributed by atoms with Gasteiger partial charge in [0.1, 0.15) is 0 Å². The topological polar surface area (TPSA) is 15.3 Å². The third kappa shape index (κ3) is 4.24. The van der Waals surface area contributed by atoms with Crippen molar-refractivity contribution in [2.45, 2.75) is 71.4 Å². The van der Waals surface area contributed by atoms with Crippen molar-refractivity contribution >= 4 is 0 Å². The lowest BCUT2D eigenvalue weighted by Crippen LogP contribution is -2.35. The number of nitrogens with one attached hydrogen (secondary N) is 1. The van der Waals surface area contributed by atoms with E-state index < -0.39 is 0 Å². The van der Waals surface area contributed by atoms with Gasteiger partial charge in [0.2, 0.25) is 0 Å². The second-order valence-corrected chi connectivity index (χ2v) is 6.98. The maximum atomic E-state index is 3.60. The predicted molar refractivity (Wildman–Crippen MR) is 78.9 cm³/mol. The maximum Gasteiger partial charge on any atom is 0.00954 e. The molecule has 0 radical (unpaired) electrons. The molecule has 0 aromatic rings. The molecule has 1 saturated heterocycles. The molecule has 3 atom stereocenters. The first-order chi connectivity index (χ1) is 8.65. The molecule has 1 saturated carbocycles. The van der Waals surface area contributed by atoms with Crippen LogP contribution in [0.15, 0.2) is 0 Å². The fourth-order valence-electron chi connectivity index (χ4n) is 3.60. The summed E-state index contributed by atoms with van der Waals surface area (Å²) in [4.78, 5) is 2.80. The Hall–Kier alpha value is -0.0800. The molecule has 0 aromatic heterocycles. The average Bonchev–Trinajstić information content (AvgIpc) is 2.69. The largest absolute Gasteiger partial charge is 0.314 e. The van der Waals surface area contributed by atoms with Crippen LogP contribution in [0, 0.1) is 11.8 Å². The molecule has 106 valence electrons. The number of rotatable bonds is 4. The van der Waals surface area contributed by atoms with Gasteiger partial charge in [0.25, 0.3) is 0 Å². The van der Waals surface area contributed by atoms with E-state index in [0.29, 0.717) is 6.04 Å². The summed E-state index contributed by atoms with van der Waals surface area (Å²) in [5, 5.41) is 3.60. The van der Waals surface area contributed by atoms with E-state index in [1.807, 2.05) is 0 Å². The third-order valence-electron chi connectivity index (χ3n) is 4.88. The van der Waals surface area contributed by atoms with Crippen LogP contribution in [-0.2, 0) is 0 Å². The van der Waals surface area contributed by atoms with Gasteiger partial charge < -0.3 is 10.2 Å². The van der Waals surface area contributed by atoms with Crippen LogP contribution in [0.5, 0.6) is 0 Å². The van der Waals surface area contributed by atoms with E-state index >= 15 is 0 Å². The van der Waals surface area contributed by atoms with Crippen molar-refractivity contribution in [1.29, 1.82) is 0 Å². The van der Waals surface area contributed by atoms with E-state index in [9.17, 15) is 0 Å². The van der Waals surface area contributed by atoms with Crippen LogP contribution in [0.3, 0.4) is 0 Å². The minimum Gasteiger partial charge on any atom is -0.314 e. The van der Waals surface area contributed by atoms with Gasteiger partial charge in [-0.05, 0) is 50.6 Å². The summed E-state index contributed by atoms with van der Waals surface area (Å²) in [6.07, 6.45) is 8.68. The van der Waals surface area contributed by atoms with Gasteiger partial charge in [-0.25, -0.2) is 0 Å². The highest BCUT2D eigenvalue weighted by Crippen LogP contribution is 2.29. The molecule has 2 fully saturated rings. The number of nitrogens with zero attached hydrogens (tertiary/aromatic N) is 1. The Balaban J connectivity index is 1.74. The molecule has 2 aliphatic rings. The Labute approximate surface area is 114 Å². The maximum absolute atomic E-state index is 3.60. The fourth-order valence-corrected chi connectivity index (χ4v) is 3.60. The highest BCUT2D eigenvalue weighted by atomic mass is 15.2. The van der Waals surface area contributed by atoms with Gasteiger partial charge >= 0.3 is 0 Å². The quantitative estimate of drug-likeness (QED) is 0.773. The molecule has 0 amide bonds. The molecule has 2 rings (SSSR count). The van der Waals surface area contributed by atoms with E-state index in [1.165, 1.54) is 58.2 Å². The van der Waals surface area contributed by atoms with Crippen molar-refractivity contribution in [2.75, 3.05) is 19.6 Å². The molecule has 18 heavy (non-hydrogen) atoms. The van der Waals surface area contributed by atoms with Gasteiger partial charge in [-0.3, -0.25) is 0 Å². The van der Waals surface area contributed by atoms with Gasteiger partial charge in [0, 0.05) is 18.6 Å². The van der Waals surface area contributed by atoms with Crippen LogP contribution in [0.1, 0.15) is 59.3 Å². The molecule has 2 heteroatoms. The van der Waals surface area contributed by atoms with Crippen molar-refractivity contribution < 1.29 is 0 Å². The minimum absolute atomic E-state index is 0.637. The van der Waals surface area contributed by atoms with Crippen LogP contribution >= 0.6 is 0 Å². The molecule has 1 aliphatic carbocycles. The van der Waals surface area contributed by atoms with Crippen molar-refractivity contribution in [2.24, 2.45) is 11.8 Å². The van der Waals surface area contributed by atoms with Crippen LogP contribution in [0.4, 0.5) is 0 Å². The van der Waals surface area contributed by atoms with Crippen LogP contribution in [0.25, 0.3) is 0 Å². The van der Waals surface area contributed by atoms with Gasteiger partial charge in [-0.2, -0.15) is 0 Å². The van der Waals surface area contributed by atoms with Gasteiger partial charge in [-0.1, -0.05) is 33.6 Å². The first-order valence-corrected chi connectivity index (χ1v) is 8.12. The summed E-state index contributed by atoms with van der Waals surface area (Å²) in [6.45, 7) is 10.8. The fraction of sp³-hybridized carbons (Fsp3) is 1.00. The highest BCUT2D eigenvalue weighted by molar-refractivity contribution is 4.84. The summed E-state index contributed by atoms with van der Waals surface area (Å²) in [7, 11) is 0. The lowest BCUT2D eigenvalue weighted by molar-refractivity contribution is 0.211. The second-order valence-electron chi connectivity index (χ2n) is 6.98. The van der Waals surface area contributed by atoms with Gasteiger partial charge in [0.05, 0.1) is 0 Å². The van der Waals surface area contributed by atoms with E-state index in [-0.39, 0.29) is 0 Å². The van der Waals surface area contributed by atoms with E-state index in [0.717, 1.165) is 17.9 Å². The number of likely N-dealkylation sites (tertiary alicyclic amines) is 1. The first kappa shape index (κ1) is 14.3. The Bertz CT molecular complexity index is 239. The molecule has 0 spiro atoms. The zero-order valence-electron chi connectivity index (χ0n) is 12.6. The van der Waals surface area contributed by atoms with E-state index in [1.54, 1.807) is 0 Å². The van der Waals surface area contributed by atoms with E-state index in [2.05, 4.69) is 31.0 Å². The van der Waals surface area contributed by atoms with Crippen molar-refractivity contribution in [1.82, 2.24) is 10.2 Å². The molecule has 1 aliphatic heterocycles. The normalized spacial score (nSPS) is 35.0. The van der Waals surface area contributed by atoms with Gasteiger partial charge in [0.15, 0.2) is 0 Å². The highest BCUT2D eigenvalue weighted by Gasteiger charge is 2.29. The number of hydrogen-bond donors (Lipinski definition) is 1. The Morgan fingerprint density at radius 3 is 2.72 bits per heavy atom. The smallest absolute Gasteiger partial charge is 0.00954 e. The Kier molecular flexibility index (Phi) is 5.50. The molecular weight excluding hydrogens is 220 g/mol. The SMILES string of the molecule is CC1CCCC(N2CCC(CNC(C)C)C2)CC1. The lowest BCUT2D eigenvalue weighted by atomic mass is 10.0. The summed E-state index contributed by atoms with van der Waals surface area (Å²) >= 11 is 0. The third-order valence-corrected chi connectivity index (χ3v) is 4.88. The van der Waals surface area contributed by atoms with Gasteiger partial charge in [-0.15, -0.1) is 0 Å².